The maximum absolute atomic E-state index is 14.0. The van der Waals surface area contributed by atoms with Crippen molar-refractivity contribution in [3.05, 3.63) is 94.6 Å². The number of hydrogen-bond donors (Lipinski definition) is 1. The number of carbonyl (C=O) groups is 2. The fraction of sp³-hybridized carbons (Fsp3) is 0.424. The molecule has 3 aromatic rings. The molecular weight excluding hydrogens is 517 g/mol. The maximum atomic E-state index is 14.0. The molecule has 41 heavy (non-hydrogen) atoms. The number of amides is 2. The third-order valence-electron chi connectivity index (χ3n) is 8.94. The van der Waals surface area contributed by atoms with Crippen LogP contribution in [0, 0.1) is 5.82 Å². The molecule has 0 unspecified atom stereocenters. The largest absolute Gasteiger partial charge is 0.333 e. The highest BCUT2D eigenvalue weighted by Gasteiger charge is 2.41. The van der Waals surface area contributed by atoms with E-state index in [2.05, 4.69) is 44.0 Å². The lowest BCUT2D eigenvalue weighted by Crippen LogP contribution is -2.60. The van der Waals surface area contributed by atoms with Gasteiger partial charge in [0, 0.05) is 67.9 Å². The molecule has 3 aliphatic heterocycles. The second-order valence-corrected chi connectivity index (χ2v) is 12.5. The Balaban J connectivity index is 1.21. The number of fused-ring (bicyclic) bond motifs is 2. The van der Waals surface area contributed by atoms with Gasteiger partial charge in [-0.3, -0.25) is 19.5 Å². The van der Waals surface area contributed by atoms with Gasteiger partial charge in [-0.15, -0.1) is 0 Å². The zero-order valence-corrected chi connectivity index (χ0v) is 24.2. The minimum atomic E-state index is -0.271. The van der Waals surface area contributed by atoms with Gasteiger partial charge in [-0.05, 0) is 47.9 Å². The zero-order chi connectivity index (χ0) is 28.9. The van der Waals surface area contributed by atoms with E-state index in [1.807, 2.05) is 40.3 Å². The van der Waals surface area contributed by atoms with Gasteiger partial charge in [0.05, 0.1) is 17.9 Å². The molecule has 7 nitrogen and oxygen atoms in total. The second-order valence-electron chi connectivity index (χ2n) is 12.5. The molecule has 0 saturated carbocycles. The SMILES string of the molecule is C[C@@H](c1ccc(F)cc1)c1cnc2c(c1)N(C(=O)CN1C[C@@H](C)NC[C@@H]1CN1Cc3ccccc3C1=O)CC2(C)C. The molecular formula is C33H38FN5O2. The summed E-state index contributed by atoms with van der Waals surface area (Å²) < 4.78 is 13.5. The summed E-state index contributed by atoms with van der Waals surface area (Å²) in [5, 5.41) is 3.54. The van der Waals surface area contributed by atoms with E-state index in [0.717, 1.165) is 46.7 Å². The highest BCUT2D eigenvalue weighted by atomic mass is 19.1. The lowest BCUT2D eigenvalue weighted by atomic mass is 9.89. The lowest BCUT2D eigenvalue weighted by molar-refractivity contribution is -0.120. The smallest absolute Gasteiger partial charge is 0.254 e. The van der Waals surface area contributed by atoms with E-state index >= 15 is 0 Å². The first kappa shape index (κ1) is 27.5. The first-order valence-corrected chi connectivity index (χ1v) is 14.5. The Kier molecular flexibility index (Phi) is 7.16. The van der Waals surface area contributed by atoms with E-state index in [9.17, 15) is 14.0 Å². The standard InChI is InChI=1S/C33H38FN5O2/c1-21-16-37(27(15-35-21)18-38-17-24-7-5-6-8-28(24)32(38)41)19-30(40)39-20-33(3,4)31-29(39)13-25(14-36-31)22(2)23-9-11-26(34)12-10-23/h5-14,21-22,27,35H,15-20H2,1-4H3/t21-,22+,27-/m1/s1. The number of nitrogens with one attached hydrogen (secondary N) is 1. The average Bonchev–Trinajstić information content (AvgIpc) is 3.42. The molecule has 0 spiro atoms. The topological polar surface area (TPSA) is 68.8 Å². The first-order chi connectivity index (χ1) is 19.6. The van der Waals surface area contributed by atoms with Crippen LogP contribution >= 0.6 is 0 Å². The molecule has 1 N–H and O–H groups in total. The number of benzene rings is 2. The van der Waals surface area contributed by atoms with E-state index in [1.54, 1.807) is 12.1 Å². The number of nitrogens with zero attached hydrogens (tertiary/aromatic N) is 4. The molecule has 2 amide bonds. The number of hydrogen-bond acceptors (Lipinski definition) is 5. The average molecular weight is 556 g/mol. The summed E-state index contributed by atoms with van der Waals surface area (Å²) in [6.07, 6.45) is 1.89. The van der Waals surface area contributed by atoms with Crippen molar-refractivity contribution in [3.63, 3.8) is 0 Å². The molecule has 6 rings (SSSR count). The molecule has 2 aromatic carbocycles. The fourth-order valence-corrected chi connectivity index (χ4v) is 6.54. The lowest BCUT2D eigenvalue weighted by Gasteiger charge is -2.41. The van der Waals surface area contributed by atoms with Crippen molar-refractivity contribution in [2.45, 2.75) is 57.7 Å². The molecule has 214 valence electrons. The second kappa shape index (κ2) is 10.7. The van der Waals surface area contributed by atoms with E-state index in [0.29, 0.717) is 19.6 Å². The summed E-state index contributed by atoms with van der Waals surface area (Å²) in [7, 11) is 0. The number of anilines is 1. The molecule has 4 heterocycles. The van der Waals surface area contributed by atoms with Gasteiger partial charge in [-0.1, -0.05) is 51.1 Å². The maximum Gasteiger partial charge on any atom is 0.254 e. The van der Waals surface area contributed by atoms with Crippen molar-refractivity contribution in [2.24, 2.45) is 0 Å². The van der Waals surface area contributed by atoms with Gasteiger partial charge < -0.3 is 15.1 Å². The fourth-order valence-electron chi connectivity index (χ4n) is 6.54. The van der Waals surface area contributed by atoms with Crippen LogP contribution < -0.4 is 10.2 Å². The molecule has 0 bridgehead atoms. The third kappa shape index (κ3) is 5.26. The van der Waals surface area contributed by atoms with E-state index in [4.69, 9.17) is 4.98 Å². The van der Waals surface area contributed by atoms with Crippen LogP contribution in [0.4, 0.5) is 10.1 Å². The van der Waals surface area contributed by atoms with Crippen LogP contribution in [0.1, 0.15) is 66.4 Å². The number of rotatable bonds is 6. The van der Waals surface area contributed by atoms with Crippen molar-refractivity contribution in [3.8, 4) is 0 Å². The van der Waals surface area contributed by atoms with E-state index < -0.39 is 0 Å². The first-order valence-electron chi connectivity index (χ1n) is 14.5. The molecule has 3 aliphatic rings. The van der Waals surface area contributed by atoms with Crippen LogP contribution in [0.5, 0.6) is 0 Å². The zero-order valence-electron chi connectivity index (χ0n) is 24.2. The molecule has 1 saturated heterocycles. The van der Waals surface area contributed by atoms with Gasteiger partial charge in [0.15, 0.2) is 0 Å². The summed E-state index contributed by atoms with van der Waals surface area (Å²) in [4.78, 5) is 38.0. The summed E-state index contributed by atoms with van der Waals surface area (Å²) >= 11 is 0. The van der Waals surface area contributed by atoms with E-state index in [1.165, 1.54) is 12.1 Å². The van der Waals surface area contributed by atoms with Crippen LogP contribution in [0.2, 0.25) is 0 Å². The van der Waals surface area contributed by atoms with Crippen LogP contribution in [0.15, 0.2) is 60.8 Å². The van der Waals surface area contributed by atoms with Gasteiger partial charge in [0.2, 0.25) is 5.91 Å². The Labute approximate surface area is 241 Å². The Bertz CT molecular complexity index is 1470. The highest BCUT2D eigenvalue weighted by molar-refractivity contribution is 5.98. The molecule has 1 fully saturated rings. The van der Waals surface area contributed by atoms with Crippen LogP contribution in [-0.4, -0.2) is 71.4 Å². The minimum Gasteiger partial charge on any atom is -0.333 e. The van der Waals surface area contributed by atoms with Crippen LogP contribution in [0.25, 0.3) is 0 Å². The van der Waals surface area contributed by atoms with Gasteiger partial charge in [-0.25, -0.2) is 4.39 Å². The summed E-state index contributed by atoms with van der Waals surface area (Å²) in [5.41, 5.74) is 5.34. The number of carbonyl (C=O) groups excluding carboxylic acids is 2. The summed E-state index contributed by atoms with van der Waals surface area (Å²) in [6, 6.07) is 16.7. The number of halogens is 1. The van der Waals surface area contributed by atoms with Crippen molar-refractivity contribution in [1.29, 1.82) is 0 Å². The monoisotopic (exact) mass is 555 g/mol. The normalized spacial score (nSPS) is 22.5. The molecule has 1 aromatic heterocycles. The Morgan fingerprint density at radius 2 is 1.90 bits per heavy atom. The Hall–Kier alpha value is -3.62. The van der Waals surface area contributed by atoms with Gasteiger partial charge in [-0.2, -0.15) is 0 Å². The van der Waals surface area contributed by atoms with Crippen molar-refractivity contribution in [2.75, 3.05) is 37.6 Å². The highest BCUT2D eigenvalue weighted by Crippen LogP contribution is 2.41. The van der Waals surface area contributed by atoms with Gasteiger partial charge in [0.25, 0.3) is 5.91 Å². The predicted octanol–water partition coefficient (Wildman–Crippen LogP) is 4.32. The molecule has 3 atom stereocenters. The number of aromatic nitrogens is 1. The summed E-state index contributed by atoms with van der Waals surface area (Å²) in [6.45, 7) is 11.9. The van der Waals surface area contributed by atoms with Crippen LogP contribution in [0.3, 0.4) is 0 Å². The third-order valence-corrected chi connectivity index (χ3v) is 8.94. The van der Waals surface area contributed by atoms with Crippen molar-refractivity contribution < 1.29 is 14.0 Å². The predicted molar refractivity (Wildman–Crippen MR) is 158 cm³/mol. The molecule has 8 heteroatoms. The molecule has 0 aliphatic carbocycles. The quantitative estimate of drug-likeness (QED) is 0.491. The number of pyridine rings is 1. The van der Waals surface area contributed by atoms with Crippen molar-refractivity contribution >= 4 is 17.5 Å². The Morgan fingerprint density at radius 1 is 1.15 bits per heavy atom. The molecule has 0 radical (unpaired) electrons. The number of piperazine rings is 1. The minimum absolute atomic E-state index is 0.00887. The van der Waals surface area contributed by atoms with Gasteiger partial charge in [0.1, 0.15) is 5.82 Å². The van der Waals surface area contributed by atoms with Crippen molar-refractivity contribution in [1.82, 2.24) is 20.1 Å². The summed E-state index contributed by atoms with van der Waals surface area (Å²) in [5.74, 6) is -0.143. The van der Waals surface area contributed by atoms with Crippen LogP contribution in [-0.2, 0) is 16.8 Å². The van der Waals surface area contributed by atoms with Gasteiger partial charge >= 0.3 is 0 Å². The Morgan fingerprint density at radius 3 is 2.66 bits per heavy atom. The van der Waals surface area contributed by atoms with E-state index in [-0.39, 0.29) is 47.6 Å².